The molecule has 8 heteroatoms. The number of nitrogens with one attached hydrogen (secondary N) is 2. The maximum atomic E-state index is 14.8. The van der Waals surface area contributed by atoms with Crippen molar-refractivity contribution in [2.45, 2.75) is 39.2 Å². The van der Waals surface area contributed by atoms with Gasteiger partial charge in [-0.3, -0.25) is 5.10 Å². The summed E-state index contributed by atoms with van der Waals surface area (Å²) in [5.74, 6) is -0.687. The van der Waals surface area contributed by atoms with Crippen molar-refractivity contribution in [3.05, 3.63) is 36.0 Å². The molecule has 0 saturated carbocycles. The Morgan fingerprint density at radius 1 is 1.28 bits per heavy atom. The third kappa shape index (κ3) is 3.69. The van der Waals surface area contributed by atoms with Crippen molar-refractivity contribution in [1.29, 1.82) is 0 Å². The van der Waals surface area contributed by atoms with Crippen molar-refractivity contribution in [3.8, 4) is 11.4 Å². The van der Waals surface area contributed by atoms with Crippen LogP contribution in [0.3, 0.4) is 0 Å². The molecule has 0 unspecified atom stereocenters. The lowest BCUT2D eigenvalue weighted by atomic mass is 9.84. The maximum absolute atomic E-state index is 14.8. The first-order chi connectivity index (χ1) is 13.9. The van der Waals surface area contributed by atoms with Crippen LogP contribution in [0.1, 0.15) is 33.6 Å². The van der Waals surface area contributed by atoms with Gasteiger partial charge in [-0.2, -0.15) is 5.10 Å². The highest BCUT2D eigenvalue weighted by atomic mass is 19.1. The van der Waals surface area contributed by atoms with E-state index in [-0.39, 0.29) is 17.1 Å². The van der Waals surface area contributed by atoms with Crippen LogP contribution in [0.25, 0.3) is 22.4 Å². The Kier molecular flexibility index (Phi) is 5.21. The monoisotopic (exact) mass is 400 g/mol. The summed E-state index contributed by atoms with van der Waals surface area (Å²) in [5.41, 5.74) is 0.825. The summed E-state index contributed by atoms with van der Waals surface area (Å²) in [7, 11) is 0. The number of nitrogens with zero attached hydrogens (tertiary/aromatic N) is 4. The van der Waals surface area contributed by atoms with Gasteiger partial charge in [-0.25, -0.2) is 18.7 Å². The summed E-state index contributed by atoms with van der Waals surface area (Å²) in [5, 5.41) is 11.2. The highest BCUT2D eigenvalue weighted by molar-refractivity contribution is 5.89. The van der Waals surface area contributed by atoms with Crippen molar-refractivity contribution < 1.29 is 8.78 Å². The zero-order chi connectivity index (χ0) is 20.6. The molecule has 6 nitrogen and oxygen atoms in total. The molecule has 2 N–H and O–H groups in total. The van der Waals surface area contributed by atoms with Crippen LogP contribution in [0, 0.1) is 17.6 Å². The summed E-state index contributed by atoms with van der Waals surface area (Å²) >= 11 is 0. The Hall–Kier alpha value is -2.61. The summed E-state index contributed by atoms with van der Waals surface area (Å²) < 4.78 is 29.5. The quantitative estimate of drug-likeness (QED) is 0.680. The summed E-state index contributed by atoms with van der Waals surface area (Å²) in [6.07, 6.45) is 3.52. The molecule has 0 radical (unpaired) electrons. The molecular weight excluding hydrogens is 374 g/mol. The Labute approximate surface area is 168 Å². The van der Waals surface area contributed by atoms with E-state index in [4.69, 9.17) is 0 Å². The van der Waals surface area contributed by atoms with Crippen LogP contribution in [0.5, 0.6) is 0 Å². The van der Waals surface area contributed by atoms with Crippen LogP contribution < -0.4 is 10.2 Å². The van der Waals surface area contributed by atoms with Gasteiger partial charge in [0.05, 0.1) is 5.69 Å². The lowest BCUT2D eigenvalue weighted by Gasteiger charge is -2.45. The van der Waals surface area contributed by atoms with Gasteiger partial charge in [0, 0.05) is 42.8 Å². The van der Waals surface area contributed by atoms with Gasteiger partial charge in [0.1, 0.15) is 5.69 Å². The average molecular weight is 400 g/mol. The number of piperazine rings is 1. The molecule has 4 rings (SSSR count). The number of aromatic nitrogens is 4. The van der Waals surface area contributed by atoms with Gasteiger partial charge in [0.15, 0.2) is 23.1 Å². The zero-order valence-corrected chi connectivity index (χ0v) is 17.0. The molecule has 4 heterocycles. The molecule has 0 spiro atoms. The minimum Gasteiger partial charge on any atom is -0.351 e. The Balaban J connectivity index is 1.74. The molecule has 3 aromatic heterocycles. The van der Waals surface area contributed by atoms with Crippen LogP contribution in [0.4, 0.5) is 14.6 Å². The molecule has 1 fully saturated rings. The molecular formula is C21H26F2N6. The normalized spacial score (nSPS) is 20.0. The fourth-order valence-electron chi connectivity index (χ4n) is 4.32. The first kappa shape index (κ1) is 19.7. The molecule has 1 atom stereocenters. The molecule has 0 amide bonds. The molecule has 0 aromatic carbocycles. The molecule has 0 bridgehead atoms. The molecule has 1 aliphatic heterocycles. The van der Waals surface area contributed by atoms with E-state index in [2.05, 4.69) is 46.3 Å². The molecule has 3 aromatic rings. The lowest BCUT2D eigenvalue weighted by molar-refractivity contribution is 0.238. The van der Waals surface area contributed by atoms with Crippen molar-refractivity contribution >= 4 is 16.9 Å². The predicted molar refractivity (Wildman–Crippen MR) is 110 cm³/mol. The van der Waals surface area contributed by atoms with Gasteiger partial charge < -0.3 is 10.2 Å². The number of hydrogen-bond acceptors (Lipinski definition) is 5. The zero-order valence-electron chi connectivity index (χ0n) is 17.0. The van der Waals surface area contributed by atoms with Crippen LogP contribution in [-0.4, -0.2) is 45.3 Å². The third-order valence-electron chi connectivity index (χ3n) is 5.63. The highest BCUT2D eigenvalue weighted by Gasteiger charge is 2.35. The Morgan fingerprint density at radius 2 is 2.10 bits per heavy atom. The molecule has 1 aliphatic rings. The number of fused-ring (bicyclic) bond motifs is 1. The number of rotatable bonds is 5. The highest BCUT2D eigenvalue weighted by Crippen LogP contribution is 2.32. The smallest absolute Gasteiger partial charge is 0.181 e. The van der Waals surface area contributed by atoms with Gasteiger partial charge >= 0.3 is 0 Å². The van der Waals surface area contributed by atoms with E-state index in [0.29, 0.717) is 35.7 Å². The first-order valence-corrected chi connectivity index (χ1v) is 10.1. The second-order valence-electron chi connectivity index (χ2n) is 8.18. The SMILES string of the molecule is CC[C@@]1(CC(C)C)CN(c2nc(-c3[nH]nc4ncccc34)c(F)cc2F)CCN1. The summed E-state index contributed by atoms with van der Waals surface area (Å²) in [6.45, 7) is 8.48. The van der Waals surface area contributed by atoms with Crippen molar-refractivity contribution in [2.75, 3.05) is 24.5 Å². The standard InChI is InChI=1S/C21H26F2N6/c1-4-21(11-13(2)3)12-29(9-8-25-21)20-16(23)10-15(22)18(26-20)17-14-6-5-7-24-19(14)28-27-17/h5-7,10,13,25H,4,8-9,11-12H2,1-3H3,(H,24,27,28)/t21-/m1/s1. The van der Waals surface area contributed by atoms with E-state index in [1.165, 1.54) is 0 Å². The largest absolute Gasteiger partial charge is 0.351 e. The number of pyridine rings is 2. The van der Waals surface area contributed by atoms with Crippen molar-refractivity contribution in [1.82, 2.24) is 25.5 Å². The molecule has 29 heavy (non-hydrogen) atoms. The van der Waals surface area contributed by atoms with E-state index in [0.717, 1.165) is 25.5 Å². The number of H-pyrrole nitrogens is 1. The second kappa shape index (κ2) is 7.67. The Bertz CT molecular complexity index is 1020. The fourth-order valence-corrected chi connectivity index (χ4v) is 4.32. The topological polar surface area (TPSA) is 69.7 Å². The van der Waals surface area contributed by atoms with Gasteiger partial charge in [-0.1, -0.05) is 20.8 Å². The number of hydrogen-bond donors (Lipinski definition) is 2. The van der Waals surface area contributed by atoms with Crippen molar-refractivity contribution in [2.24, 2.45) is 5.92 Å². The Morgan fingerprint density at radius 3 is 2.86 bits per heavy atom. The number of aromatic amines is 1. The lowest BCUT2D eigenvalue weighted by Crippen LogP contribution is -2.61. The molecule has 0 aliphatic carbocycles. The van der Waals surface area contributed by atoms with Crippen LogP contribution in [0.2, 0.25) is 0 Å². The summed E-state index contributed by atoms with van der Waals surface area (Å²) in [4.78, 5) is 10.5. The maximum Gasteiger partial charge on any atom is 0.181 e. The van der Waals surface area contributed by atoms with Gasteiger partial charge in [0.2, 0.25) is 0 Å². The minimum atomic E-state index is -0.722. The van der Waals surface area contributed by atoms with E-state index < -0.39 is 11.6 Å². The first-order valence-electron chi connectivity index (χ1n) is 10.1. The average Bonchev–Trinajstić information content (AvgIpc) is 3.12. The van der Waals surface area contributed by atoms with E-state index in [1.807, 2.05) is 4.90 Å². The second-order valence-corrected chi connectivity index (χ2v) is 8.18. The van der Waals surface area contributed by atoms with Gasteiger partial charge in [0.25, 0.3) is 0 Å². The molecule has 1 saturated heterocycles. The van der Waals surface area contributed by atoms with Gasteiger partial charge in [-0.05, 0) is 30.9 Å². The predicted octanol–water partition coefficient (Wildman–Crippen LogP) is 3.90. The van der Waals surface area contributed by atoms with Gasteiger partial charge in [-0.15, -0.1) is 0 Å². The summed E-state index contributed by atoms with van der Waals surface area (Å²) in [6, 6.07) is 4.46. The fraction of sp³-hybridized carbons (Fsp3) is 0.476. The van der Waals surface area contributed by atoms with E-state index >= 15 is 0 Å². The number of anilines is 1. The van der Waals surface area contributed by atoms with Crippen LogP contribution in [-0.2, 0) is 0 Å². The van der Waals surface area contributed by atoms with E-state index in [1.54, 1.807) is 18.3 Å². The van der Waals surface area contributed by atoms with Crippen molar-refractivity contribution in [3.63, 3.8) is 0 Å². The van der Waals surface area contributed by atoms with Crippen LogP contribution in [0.15, 0.2) is 24.4 Å². The third-order valence-corrected chi connectivity index (χ3v) is 5.63. The minimum absolute atomic E-state index is 0.0568. The molecule has 154 valence electrons. The van der Waals surface area contributed by atoms with E-state index in [9.17, 15) is 8.78 Å². The number of halogens is 2. The van der Waals surface area contributed by atoms with Crippen LogP contribution >= 0.6 is 0 Å².